The monoisotopic (exact) mass is 489 g/mol. The van der Waals surface area contributed by atoms with Crippen LogP contribution in [-0.4, -0.2) is 74.1 Å². The van der Waals surface area contributed by atoms with Crippen LogP contribution >= 0.6 is 0 Å². The quantitative estimate of drug-likeness (QED) is 0.225. The Kier molecular flexibility index (Phi) is 8.55. The number of carbonyl (C=O) groups is 4. The van der Waals surface area contributed by atoms with E-state index in [9.17, 15) is 19.2 Å². The molecule has 2 heterocycles. The Hall–Kier alpha value is -3.34. The Labute approximate surface area is 205 Å². The number of piperidine rings is 1. The van der Waals surface area contributed by atoms with Gasteiger partial charge < -0.3 is 30.3 Å². The first-order valence-electron chi connectivity index (χ1n) is 11.9. The number of imide groups is 1. The maximum Gasteiger partial charge on any atom is 0.322 e. The first-order valence-corrected chi connectivity index (χ1v) is 11.9. The molecule has 0 aromatic heterocycles. The van der Waals surface area contributed by atoms with E-state index in [2.05, 4.69) is 26.2 Å². The Morgan fingerprint density at radius 1 is 1.09 bits per heavy atom. The second-order valence-electron chi connectivity index (χ2n) is 9.22. The molecule has 2 aliphatic heterocycles. The van der Waals surface area contributed by atoms with Gasteiger partial charge in [-0.05, 0) is 52.1 Å². The van der Waals surface area contributed by atoms with E-state index in [4.69, 9.17) is 9.47 Å². The van der Waals surface area contributed by atoms with Gasteiger partial charge in [-0.1, -0.05) is 0 Å². The molecular weight excluding hydrogens is 454 g/mol. The molecule has 5 amide bonds. The zero-order valence-electron chi connectivity index (χ0n) is 20.8. The van der Waals surface area contributed by atoms with Gasteiger partial charge in [0.25, 0.3) is 5.91 Å². The van der Waals surface area contributed by atoms with Gasteiger partial charge in [-0.25, -0.2) is 9.59 Å². The molecule has 1 aromatic rings. The molecule has 1 aromatic carbocycles. The molecule has 2 fully saturated rings. The van der Waals surface area contributed by atoms with Crippen molar-refractivity contribution in [3.05, 3.63) is 17.7 Å². The molecule has 0 atom stereocenters. The summed E-state index contributed by atoms with van der Waals surface area (Å²) < 4.78 is 10.8. The number of likely N-dealkylation sites (tertiary alicyclic amines) is 1. The number of Topliss-reactive ketones (excluding diaryl/α,β-unsaturated/α-hetero) is 1. The highest BCUT2D eigenvalue weighted by Gasteiger charge is 2.47. The van der Waals surface area contributed by atoms with Crippen molar-refractivity contribution in [2.45, 2.75) is 57.5 Å². The van der Waals surface area contributed by atoms with Gasteiger partial charge >= 0.3 is 12.1 Å². The standard InChI is InChI=1S/C24H35N5O6/c1-15(2)25-22(32)26-17-13-16(19(34-3)14-20(17)35-4)18(30)7-5-6-10-29-11-8-24(9-12-29)21(31)27-23(33)28-24/h13-15H,5-12H2,1-4H3,(H2,25,26,32)(H2,27,28,31,33). The predicted molar refractivity (Wildman–Crippen MR) is 130 cm³/mol. The third-order valence-electron chi connectivity index (χ3n) is 6.34. The fraction of sp³-hybridized carbons (Fsp3) is 0.583. The molecule has 4 N–H and O–H groups in total. The third-order valence-corrected chi connectivity index (χ3v) is 6.34. The molecule has 1 spiro atoms. The van der Waals surface area contributed by atoms with Gasteiger partial charge in [0.05, 0.1) is 25.5 Å². The molecule has 0 bridgehead atoms. The van der Waals surface area contributed by atoms with Gasteiger partial charge in [0, 0.05) is 31.6 Å². The number of urea groups is 2. The van der Waals surface area contributed by atoms with Gasteiger partial charge in [0.1, 0.15) is 17.0 Å². The number of carbonyl (C=O) groups excluding carboxylic acids is 4. The molecule has 0 unspecified atom stereocenters. The molecule has 2 aliphatic rings. The number of hydrogen-bond acceptors (Lipinski definition) is 7. The van der Waals surface area contributed by atoms with Crippen LogP contribution in [0.25, 0.3) is 0 Å². The molecule has 0 radical (unpaired) electrons. The minimum Gasteiger partial charge on any atom is -0.496 e. The zero-order chi connectivity index (χ0) is 25.6. The number of methoxy groups -OCH3 is 2. The number of anilines is 1. The van der Waals surface area contributed by atoms with Gasteiger partial charge in [-0.3, -0.25) is 14.9 Å². The van der Waals surface area contributed by atoms with Crippen molar-refractivity contribution in [2.75, 3.05) is 39.2 Å². The molecule has 3 rings (SSSR count). The number of rotatable bonds is 10. The van der Waals surface area contributed by atoms with E-state index in [1.165, 1.54) is 14.2 Å². The molecule has 192 valence electrons. The molecule has 0 aliphatic carbocycles. The lowest BCUT2D eigenvalue weighted by Crippen LogP contribution is -2.54. The third kappa shape index (κ3) is 6.41. The smallest absolute Gasteiger partial charge is 0.322 e. The van der Waals surface area contributed by atoms with Crippen LogP contribution in [0.2, 0.25) is 0 Å². The molecule has 11 heteroatoms. The van der Waals surface area contributed by atoms with Crippen molar-refractivity contribution >= 4 is 29.4 Å². The van der Waals surface area contributed by atoms with E-state index in [0.717, 1.165) is 13.0 Å². The number of unbranched alkanes of at least 4 members (excludes halogenated alkanes) is 1. The molecule has 11 nitrogen and oxygen atoms in total. The predicted octanol–water partition coefficient (Wildman–Crippen LogP) is 2.26. The highest BCUT2D eigenvalue weighted by Crippen LogP contribution is 2.34. The maximum absolute atomic E-state index is 13.0. The minimum absolute atomic E-state index is 0.0418. The first-order chi connectivity index (χ1) is 16.7. The number of amides is 5. The van der Waals surface area contributed by atoms with E-state index in [1.807, 2.05) is 13.8 Å². The van der Waals surface area contributed by atoms with E-state index < -0.39 is 11.6 Å². The summed E-state index contributed by atoms with van der Waals surface area (Å²) in [4.78, 5) is 50.9. The fourth-order valence-corrected chi connectivity index (χ4v) is 4.43. The van der Waals surface area contributed by atoms with E-state index in [0.29, 0.717) is 61.5 Å². The lowest BCUT2D eigenvalue weighted by molar-refractivity contribution is -0.125. The van der Waals surface area contributed by atoms with Crippen molar-refractivity contribution in [1.29, 1.82) is 0 Å². The van der Waals surface area contributed by atoms with Crippen molar-refractivity contribution < 1.29 is 28.7 Å². The van der Waals surface area contributed by atoms with Crippen molar-refractivity contribution in [1.82, 2.24) is 20.9 Å². The van der Waals surface area contributed by atoms with Crippen LogP contribution in [0.5, 0.6) is 11.5 Å². The molecule has 2 saturated heterocycles. The number of hydrogen-bond donors (Lipinski definition) is 4. The largest absolute Gasteiger partial charge is 0.496 e. The Balaban J connectivity index is 1.53. The normalized spacial score (nSPS) is 17.2. The second kappa shape index (κ2) is 11.4. The number of ketones is 1. The van der Waals surface area contributed by atoms with Crippen LogP contribution in [0, 0.1) is 0 Å². The molecular formula is C24H35N5O6. The highest BCUT2D eigenvalue weighted by atomic mass is 16.5. The van der Waals surface area contributed by atoms with E-state index in [1.54, 1.807) is 12.1 Å². The van der Waals surface area contributed by atoms with Gasteiger partial charge in [-0.2, -0.15) is 0 Å². The number of ether oxygens (including phenoxy) is 2. The molecule has 35 heavy (non-hydrogen) atoms. The summed E-state index contributed by atoms with van der Waals surface area (Å²) in [6.07, 6.45) is 2.98. The number of benzene rings is 1. The SMILES string of the molecule is COc1cc(OC)c(C(=O)CCCCN2CCC3(CC2)NC(=O)NC3=O)cc1NC(=O)NC(C)C. The Bertz CT molecular complexity index is 971. The Morgan fingerprint density at radius 3 is 2.34 bits per heavy atom. The summed E-state index contributed by atoms with van der Waals surface area (Å²) in [5.74, 6) is 0.462. The van der Waals surface area contributed by atoms with Crippen LogP contribution in [-0.2, 0) is 4.79 Å². The summed E-state index contributed by atoms with van der Waals surface area (Å²) in [7, 11) is 2.97. The highest BCUT2D eigenvalue weighted by molar-refractivity contribution is 6.07. The fourth-order valence-electron chi connectivity index (χ4n) is 4.43. The summed E-state index contributed by atoms with van der Waals surface area (Å²) in [5, 5.41) is 10.6. The summed E-state index contributed by atoms with van der Waals surface area (Å²) in [6.45, 7) is 5.93. The topological polar surface area (TPSA) is 138 Å². The van der Waals surface area contributed by atoms with Gasteiger partial charge in [0.15, 0.2) is 5.78 Å². The van der Waals surface area contributed by atoms with Crippen LogP contribution in [0.3, 0.4) is 0 Å². The summed E-state index contributed by atoms with van der Waals surface area (Å²) >= 11 is 0. The molecule has 0 saturated carbocycles. The van der Waals surface area contributed by atoms with Crippen molar-refractivity contribution in [3.8, 4) is 11.5 Å². The van der Waals surface area contributed by atoms with Gasteiger partial charge in [0.2, 0.25) is 0 Å². The average molecular weight is 490 g/mol. The lowest BCUT2D eigenvalue weighted by atomic mass is 9.87. The van der Waals surface area contributed by atoms with Crippen LogP contribution < -0.4 is 30.7 Å². The maximum atomic E-state index is 13.0. The zero-order valence-corrected chi connectivity index (χ0v) is 20.8. The van der Waals surface area contributed by atoms with Crippen LogP contribution in [0.1, 0.15) is 56.3 Å². The first kappa shape index (κ1) is 26.3. The van der Waals surface area contributed by atoms with Crippen molar-refractivity contribution in [3.63, 3.8) is 0 Å². The van der Waals surface area contributed by atoms with E-state index in [-0.39, 0.29) is 23.8 Å². The van der Waals surface area contributed by atoms with Crippen LogP contribution in [0.4, 0.5) is 15.3 Å². The summed E-state index contributed by atoms with van der Waals surface area (Å²) in [6, 6.07) is 2.33. The summed E-state index contributed by atoms with van der Waals surface area (Å²) in [5.41, 5.74) is 0.00266. The lowest BCUT2D eigenvalue weighted by Gasteiger charge is -2.36. The van der Waals surface area contributed by atoms with Crippen LogP contribution in [0.15, 0.2) is 12.1 Å². The number of nitrogens with zero attached hydrogens (tertiary/aromatic N) is 1. The second-order valence-corrected chi connectivity index (χ2v) is 9.22. The number of nitrogens with one attached hydrogen (secondary N) is 4. The minimum atomic E-state index is -0.772. The van der Waals surface area contributed by atoms with Gasteiger partial charge in [-0.15, -0.1) is 0 Å². The average Bonchev–Trinajstić information content (AvgIpc) is 3.09. The van der Waals surface area contributed by atoms with E-state index >= 15 is 0 Å². The Morgan fingerprint density at radius 2 is 1.77 bits per heavy atom. The van der Waals surface area contributed by atoms with Crippen molar-refractivity contribution in [2.24, 2.45) is 0 Å².